The molecule has 0 N–H and O–H groups in total. The van der Waals surface area contributed by atoms with Crippen LogP contribution in [0.1, 0.15) is 27.8 Å². The fraction of sp³-hybridized carbons (Fsp3) is 0.0182. The number of rotatable bonds is 13. The van der Waals surface area contributed by atoms with E-state index in [0.717, 1.165) is 127 Å². The molecule has 127 heavy (non-hydrogen) atoms. The van der Waals surface area contributed by atoms with Gasteiger partial charge in [-0.05, 0) is 95.1 Å². The van der Waals surface area contributed by atoms with Gasteiger partial charge < -0.3 is 53.0 Å². The van der Waals surface area contributed by atoms with Crippen LogP contribution in [0.15, 0.2) is 401 Å². The Morgan fingerprint density at radius 3 is 1.22 bits per heavy atom. The van der Waals surface area contributed by atoms with E-state index in [1.807, 2.05) is 261 Å². The molecule has 14 nitrogen and oxygen atoms in total. The first-order valence-corrected chi connectivity index (χ1v) is 39.7. The van der Waals surface area contributed by atoms with Gasteiger partial charge in [0, 0.05) is 71.1 Å². The second-order valence-corrected chi connectivity index (χ2v) is 28.1. The molecule has 0 aliphatic carbocycles. The maximum Gasteiger partial charge on any atom is 3.00 e. The van der Waals surface area contributed by atoms with Crippen LogP contribution in [-0.4, -0.2) is 30.2 Å². The first-order valence-electron chi connectivity index (χ1n) is 39.7. The van der Waals surface area contributed by atoms with Crippen molar-refractivity contribution in [3.8, 4) is 120 Å². The van der Waals surface area contributed by atoms with E-state index in [2.05, 4.69) is 217 Å². The topological polar surface area (TPSA) is 155 Å². The third-order valence-electron chi connectivity index (χ3n) is 19.8. The monoisotopic (exact) mass is 2190 g/mol. The molecule has 21 aromatic rings. The Morgan fingerprint density at radius 2 is 0.732 bits per heavy atom. The number of hydrogen-bond donors (Lipinski definition) is 0. The fourth-order valence-corrected chi connectivity index (χ4v) is 14.0. The van der Waals surface area contributed by atoms with Crippen LogP contribution in [0.25, 0.3) is 122 Å². The van der Waals surface area contributed by atoms with E-state index in [0.29, 0.717) is 34.9 Å². The van der Waals surface area contributed by atoms with Crippen molar-refractivity contribution in [2.24, 2.45) is 0 Å². The largest absolute Gasteiger partial charge is 3.00 e. The van der Waals surface area contributed by atoms with Crippen LogP contribution in [0.3, 0.4) is 0 Å². The number of para-hydroxylation sites is 2. The summed E-state index contributed by atoms with van der Waals surface area (Å²) in [6.45, 7) is 4.27. The third-order valence-corrected chi connectivity index (χ3v) is 19.8. The molecule has 0 atom stereocenters. The van der Waals surface area contributed by atoms with Crippen LogP contribution < -0.4 is 39.1 Å². The molecule has 0 radical (unpaired) electrons. The van der Waals surface area contributed by atoms with E-state index in [4.69, 9.17) is 33.5 Å². The van der Waals surface area contributed by atoms with Gasteiger partial charge in [0.1, 0.15) is 0 Å². The number of aromatic nitrogens is 11. The maximum atomic E-state index is 6.69. The van der Waals surface area contributed by atoms with Gasteiger partial charge in [-0.25, -0.2) is 15.0 Å². The van der Waals surface area contributed by atoms with Gasteiger partial charge in [-0.15, -0.1) is 98.5 Å². The zero-order chi connectivity index (χ0) is 84.6. The number of hydrogen-bond acceptors (Lipinski definition) is 9. The van der Waals surface area contributed by atoms with Crippen LogP contribution in [0.5, 0.6) is 34.9 Å². The van der Waals surface area contributed by atoms with E-state index >= 15 is 0 Å². The van der Waals surface area contributed by atoms with Crippen molar-refractivity contribution in [1.82, 2.24) is 45.8 Å². The quantitative estimate of drug-likeness (QED) is 0.0355. The second-order valence-electron chi connectivity index (χ2n) is 28.1. The summed E-state index contributed by atoms with van der Waals surface area (Å²) in [5.74, 6) is 10.1. The van der Waals surface area contributed by atoms with Gasteiger partial charge in [-0.1, -0.05) is 306 Å². The zero-order valence-electron chi connectivity index (χ0n) is 68.2. The van der Waals surface area contributed by atoms with Gasteiger partial charge in [0.25, 0.3) is 0 Å². The molecule has 0 unspecified atom stereocenters. The first-order chi connectivity index (χ1) is 61.2. The average Bonchev–Trinajstić information content (AvgIpc) is 1.56. The maximum absolute atomic E-state index is 6.69. The van der Waals surface area contributed by atoms with Crippen molar-refractivity contribution in [1.29, 1.82) is 0 Å². The Hall–Kier alpha value is -15.2. The van der Waals surface area contributed by atoms with E-state index in [1.165, 1.54) is 22.3 Å². The van der Waals surface area contributed by atoms with Crippen molar-refractivity contribution >= 4 is 54.5 Å². The first kappa shape index (κ1) is 89.6. The van der Waals surface area contributed by atoms with Crippen LogP contribution in [0, 0.1) is 69.1 Å². The van der Waals surface area contributed by atoms with E-state index in [-0.39, 0.29) is 67.1 Å². The van der Waals surface area contributed by atoms with Gasteiger partial charge in [0.05, 0.1) is 0 Å². The summed E-state index contributed by atoms with van der Waals surface area (Å²) in [6.07, 6.45) is 25.2. The molecule has 0 fully saturated rings. The van der Waals surface area contributed by atoms with E-state index in [9.17, 15) is 0 Å². The minimum absolute atomic E-state index is 0. The van der Waals surface area contributed by atoms with Gasteiger partial charge in [0.15, 0.2) is 11.0 Å². The molecular weight excluding hydrogens is 2110 g/mol. The minimum atomic E-state index is 0. The molecule has 0 spiro atoms. The molecule has 6 aromatic heterocycles. The number of benzene rings is 15. The molecule has 15 aromatic carbocycles. The Morgan fingerprint density at radius 1 is 0.323 bits per heavy atom. The number of fused-ring (bicyclic) bond motifs is 8. The smallest absolute Gasteiger partial charge is 0.618 e. The summed E-state index contributed by atoms with van der Waals surface area (Å²) in [7, 11) is 0. The number of nitrogens with zero attached hydrogens (tertiary/aromatic N) is 11. The van der Waals surface area contributed by atoms with Crippen molar-refractivity contribution in [2.45, 2.75) is 13.8 Å². The van der Waals surface area contributed by atoms with Crippen LogP contribution in [-0.2, 0) is 67.1 Å². The van der Waals surface area contributed by atoms with E-state index in [1.54, 1.807) is 28.0 Å². The fourth-order valence-electron chi connectivity index (χ4n) is 14.0. The van der Waals surface area contributed by atoms with Crippen molar-refractivity contribution in [3.63, 3.8) is 0 Å². The molecule has 0 aliphatic heterocycles. The molecule has 0 amide bonds. The second kappa shape index (κ2) is 44.3. The molecule has 0 saturated carbocycles. The molecular formula is C110H72Au3N11O3+2. The molecule has 6 heterocycles. The van der Waals surface area contributed by atoms with Crippen LogP contribution >= 0.6 is 0 Å². The predicted octanol–water partition coefficient (Wildman–Crippen LogP) is 23.2. The molecule has 17 heteroatoms. The zero-order valence-corrected chi connectivity index (χ0v) is 74.7. The molecule has 0 bridgehead atoms. The minimum Gasteiger partial charge on any atom is -0.618 e. The third kappa shape index (κ3) is 22.3. The average molecular weight is 2190 g/mol. The number of pyridine rings is 3. The molecule has 21 rings (SSSR count). The van der Waals surface area contributed by atoms with Crippen molar-refractivity contribution in [3.05, 3.63) is 466 Å². The van der Waals surface area contributed by atoms with Gasteiger partial charge in [-0.3, -0.25) is 28.2 Å². The Bertz CT molecular complexity index is 7170. The Labute approximate surface area is 784 Å². The van der Waals surface area contributed by atoms with E-state index < -0.39 is 0 Å². The number of ether oxygens (including phenoxy) is 3. The summed E-state index contributed by atoms with van der Waals surface area (Å²) in [4.78, 5) is 12.9. The SMILES string of the molecule is Cc1cc(-c2ccccc2)cc(C)c1-c1ccc(-[n+]2[n-]nc3ccccc32)[c-]c1Oc1ccccn1.[Au+3].[Au+3].[Au+3].[C-]#Cc1ccccc1.[C-]#Cc1ccccc1.[C-]#Cc1ccccc1.[c-]1c(Oc2ccccn2)cc(-c2ccc(-c3ccccc3)cc2)cc1-[n+]1[n-]nc2ccccc21.[c-]1c(Oc2ccccn2)ccc2c1c1[n-]nc(-c3ccccc3)c1c1ccccc21. The standard InChI is InChI=1S/C31H23N4O.C29H19N4O.C26H15N3O.3C8H5.3Au/c1-21-18-24(23-10-4-3-5-11-23)19-22(2)31(21)26-16-15-25(20-29(26)36-30-14-8-9-17-32-30)35-28-13-7-6-12-27(28)33-34-35;1-2-8-21(9-3-1)22-13-15-23(16-14-22)24-18-25(33-28-11-5-4-10-27(28)31-32-33)20-26(19-24)34-29-12-6-7-17-30-29;1-2-8-17(9-3-1)25-24-21-11-5-4-10-19(21)20-14-13-18(16-22(20)26(24)29-28-25)30-23-12-6-7-15-27-23;3*1-2-8-6-4-3-5-7-8;;;/h3-19H,1-2H3;1-19H;1-15H;3*3-7H;;;/q2*-1;-2;3*-1;3*+3. The van der Waals surface area contributed by atoms with Gasteiger partial charge in [-0.2, -0.15) is 17.0 Å². The summed E-state index contributed by atoms with van der Waals surface area (Å²) in [5, 5.41) is 31.7. The predicted molar refractivity (Wildman–Crippen MR) is 487 cm³/mol. The van der Waals surface area contributed by atoms with Crippen molar-refractivity contribution < 1.29 is 90.7 Å². The Kier molecular flexibility index (Phi) is 31.2. The molecule has 616 valence electrons. The van der Waals surface area contributed by atoms with Gasteiger partial charge in [0.2, 0.25) is 28.7 Å². The molecule has 0 saturated heterocycles. The normalized spacial score (nSPS) is 10.2. The summed E-state index contributed by atoms with van der Waals surface area (Å²) < 4.78 is 21.9. The number of aryl methyl sites for hydroxylation is 2. The summed E-state index contributed by atoms with van der Waals surface area (Å²) in [6, 6.07) is 135. The molecule has 0 aliphatic rings. The summed E-state index contributed by atoms with van der Waals surface area (Å²) in [5.41, 5.74) is 21.3. The van der Waals surface area contributed by atoms with Crippen LogP contribution in [0.4, 0.5) is 0 Å². The summed E-state index contributed by atoms with van der Waals surface area (Å²) >= 11 is 0. The van der Waals surface area contributed by atoms with Crippen LogP contribution in [0.2, 0.25) is 0 Å². The van der Waals surface area contributed by atoms with Crippen molar-refractivity contribution in [2.75, 3.05) is 0 Å². The Balaban J connectivity index is 0.000000142. The van der Waals surface area contributed by atoms with Gasteiger partial charge >= 0.3 is 67.1 Å².